The van der Waals surface area contributed by atoms with Gasteiger partial charge in [0.15, 0.2) is 0 Å². The lowest BCUT2D eigenvalue weighted by Crippen LogP contribution is -2.37. The van der Waals surface area contributed by atoms with Crippen molar-refractivity contribution in [3.05, 3.63) is 53.1 Å². The molecule has 0 bridgehead atoms. The lowest BCUT2D eigenvalue weighted by molar-refractivity contribution is -0.138. The highest BCUT2D eigenvalue weighted by atomic mass is 16.5. The maximum absolute atomic E-state index is 13.2. The summed E-state index contributed by atoms with van der Waals surface area (Å²) in [7, 11) is 0. The second kappa shape index (κ2) is 11.4. The number of carboxylic acid groups (broad SMARTS) is 1. The number of piperidine rings is 1. The van der Waals surface area contributed by atoms with E-state index >= 15 is 0 Å². The van der Waals surface area contributed by atoms with E-state index in [2.05, 4.69) is 10.2 Å². The van der Waals surface area contributed by atoms with E-state index in [4.69, 9.17) is 9.72 Å². The van der Waals surface area contributed by atoms with Crippen molar-refractivity contribution in [1.29, 1.82) is 0 Å². The van der Waals surface area contributed by atoms with Crippen LogP contribution >= 0.6 is 0 Å². The summed E-state index contributed by atoms with van der Waals surface area (Å²) < 4.78 is 6.14. The van der Waals surface area contributed by atoms with E-state index in [9.17, 15) is 14.7 Å². The minimum Gasteiger partial charge on any atom is -0.481 e. The van der Waals surface area contributed by atoms with Crippen LogP contribution in [0.15, 0.2) is 36.4 Å². The Balaban J connectivity index is 1.55. The Labute approximate surface area is 201 Å². The maximum atomic E-state index is 13.2. The predicted molar refractivity (Wildman–Crippen MR) is 131 cm³/mol. The molecule has 1 aromatic heterocycles. The summed E-state index contributed by atoms with van der Waals surface area (Å²) in [5.74, 6) is 0.238. The first-order valence-electron chi connectivity index (χ1n) is 12.5. The number of nitrogens with zero attached hydrogens (tertiary/aromatic N) is 2. The standard InChI is InChI=1S/C27H35N3O4/c1-19-8-5-6-10-21(19)18-34-27-23(26(33)28-22-11-3-2-4-12-22)13-14-24(29-27)30-15-7-9-20(17-30)16-25(31)32/h5-6,8,10,13-14,20,22H,2-4,7,9,11-12,15-18H2,1H3,(H,28,33)(H,31,32)/t20-/m0/s1. The van der Waals surface area contributed by atoms with Crippen molar-refractivity contribution in [2.75, 3.05) is 18.0 Å². The van der Waals surface area contributed by atoms with E-state index in [0.717, 1.165) is 62.0 Å². The number of rotatable bonds is 8. The SMILES string of the molecule is Cc1ccccc1COc1nc(N2CCC[C@@H](CC(=O)O)C2)ccc1C(=O)NC1CCCCC1. The molecule has 2 aliphatic rings. The first-order valence-corrected chi connectivity index (χ1v) is 12.5. The van der Waals surface area contributed by atoms with Gasteiger partial charge in [0, 0.05) is 25.6 Å². The van der Waals surface area contributed by atoms with Crippen LogP contribution in [-0.4, -0.2) is 41.1 Å². The number of carbonyl (C=O) groups excluding carboxylic acids is 1. The molecule has 2 fully saturated rings. The van der Waals surface area contributed by atoms with Gasteiger partial charge < -0.3 is 20.1 Å². The van der Waals surface area contributed by atoms with Crippen LogP contribution in [0.25, 0.3) is 0 Å². The number of amides is 1. The number of carbonyl (C=O) groups is 2. The van der Waals surface area contributed by atoms with Crippen molar-refractivity contribution in [2.45, 2.75) is 70.9 Å². The van der Waals surface area contributed by atoms with Crippen LogP contribution in [0.3, 0.4) is 0 Å². The molecule has 7 nitrogen and oxygen atoms in total. The van der Waals surface area contributed by atoms with Crippen molar-refractivity contribution >= 4 is 17.7 Å². The fourth-order valence-electron chi connectivity index (χ4n) is 5.00. The Kier molecular flexibility index (Phi) is 8.03. The number of nitrogens with one attached hydrogen (secondary N) is 1. The van der Waals surface area contributed by atoms with Crippen LogP contribution in [0.2, 0.25) is 0 Å². The molecule has 0 unspecified atom stereocenters. The van der Waals surface area contributed by atoms with Crippen LogP contribution in [0.5, 0.6) is 5.88 Å². The zero-order chi connectivity index (χ0) is 23.9. The molecule has 182 valence electrons. The molecule has 7 heteroatoms. The quantitative estimate of drug-likeness (QED) is 0.586. The third-order valence-electron chi connectivity index (χ3n) is 6.96. The zero-order valence-corrected chi connectivity index (χ0v) is 20.0. The zero-order valence-electron chi connectivity index (χ0n) is 20.0. The summed E-state index contributed by atoms with van der Waals surface area (Å²) in [5, 5.41) is 12.4. The number of benzene rings is 1. The Morgan fingerprint density at radius 2 is 1.88 bits per heavy atom. The lowest BCUT2D eigenvalue weighted by atomic mass is 9.95. The van der Waals surface area contributed by atoms with E-state index < -0.39 is 5.97 Å². The second-order valence-corrected chi connectivity index (χ2v) is 9.60. The minimum atomic E-state index is -0.767. The van der Waals surface area contributed by atoms with E-state index in [1.54, 1.807) is 6.07 Å². The Bertz CT molecular complexity index is 1000. The Hall–Kier alpha value is -3.09. The van der Waals surface area contributed by atoms with Crippen LogP contribution < -0.4 is 15.0 Å². The number of aliphatic carboxylic acids is 1. The largest absolute Gasteiger partial charge is 0.481 e. The molecule has 34 heavy (non-hydrogen) atoms. The van der Waals surface area contributed by atoms with Gasteiger partial charge in [0.05, 0.1) is 0 Å². The molecule has 1 aliphatic carbocycles. The molecule has 0 spiro atoms. The predicted octanol–water partition coefficient (Wildman–Crippen LogP) is 4.72. The number of hydrogen-bond acceptors (Lipinski definition) is 5. The molecule has 1 saturated carbocycles. The smallest absolute Gasteiger partial charge is 0.303 e. The molecule has 2 N–H and O–H groups in total. The molecule has 0 radical (unpaired) electrons. The fourth-order valence-corrected chi connectivity index (χ4v) is 5.00. The highest BCUT2D eigenvalue weighted by molar-refractivity contribution is 5.96. The molecule has 1 aliphatic heterocycles. The third-order valence-corrected chi connectivity index (χ3v) is 6.96. The fraction of sp³-hybridized carbons (Fsp3) is 0.519. The lowest BCUT2D eigenvalue weighted by Gasteiger charge is -2.33. The number of anilines is 1. The van der Waals surface area contributed by atoms with Crippen LogP contribution in [0.1, 0.15) is 72.9 Å². The minimum absolute atomic E-state index is 0.0960. The maximum Gasteiger partial charge on any atom is 0.303 e. The second-order valence-electron chi connectivity index (χ2n) is 9.60. The van der Waals surface area contributed by atoms with Gasteiger partial charge in [-0.25, -0.2) is 0 Å². The summed E-state index contributed by atoms with van der Waals surface area (Å²) in [4.78, 5) is 31.2. The topological polar surface area (TPSA) is 91.8 Å². The highest BCUT2D eigenvalue weighted by Crippen LogP contribution is 2.28. The molecule has 1 saturated heterocycles. The summed E-state index contributed by atoms with van der Waals surface area (Å²) in [5.41, 5.74) is 2.62. The number of aryl methyl sites for hydroxylation is 1. The van der Waals surface area contributed by atoms with Crippen LogP contribution in [0.4, 0.5) is 5.82 Å². The molecular weight excluding hydrogens is 430 g/mol. The molecule has 1 atom stereocenters. The monoisotopic (exact) mass is 465 g/mol. The normalized spacial score (nSPS) is 19.0. The van der Waals surface area contributed by atoms with Gasteiger partial charge in [0.1, 0.15) is 18.0 Å². The molecule has 4 rings (SSSR count). The molecule has 1 amide bonds. The first-order chi connectivity index (χ1) is 16.5. The number of ether oxygens (including phenoxy) is 1. The van der Waals surface area contributed by atoms with Gasteiger partial charge in [-0.15, -0.1) is 0 Å². The number of pyridine rings is 1. The van der Waals surface area contributed by atoms with Crippen molar-refractivity contribution in [3.63, 3.8) is 0 Å². The summed E-state index contributed by atoms with van der Waals surface area (Å²) >= 11 is 0. The van der Waals surface area contributed by atoms with Crippen molar-refractivity contribution < 1.29 is 19.4 Å². The van der Waals surface area contributed by atoms with Gasteiger partial charge in [0.2, 0.25) is 5.88 Å². The number of aromatic nitrogens is 1. The third kappa shape index (κ3) is 6.27. The van der Waals surface area contributed by atoms with Crippen molar-refractivity contribution in [2.24, 2.45) is 5.92 Å². The van der Waals surface area contributed by atoms with Gasteiger partial charge in [0.25, 0.3) is 5.91 Å². The van der Waals surface area contributed by atoms with Crippen molar-refractivity contribution in [1.82, 2.24) is 10.3 Å². The average molecular weight is 466 g/mol. The number of carboxylic acids is 1. The first kappa shape index (κ1) is 24.0. The molecule has 1 aromatic carbocycles. The van der Waals surface area contributed by atoms with Crippen LogP contribution in [0, 0.1) is 12.8 Å². The van der Waals surface area contributed by atoms with Gasteiger partial charge in [-0.05, 0) is 61.8 Å². The molecule has 2 aromatic rings. The highest BCUT2D eigenvalue weighted by Gasteiger charge is 2.25. The summed E-state index contributed by atoms with van der Waals surface area (Å²) in [6.45, 7) is 3.82. The van der Waals surface area contributed by atoms with E-state index in [1.165, 1.54) is 6.42 Å². The van der Waals surface area contributed by atoms with Gasteiger partial charge in [-0.3, -0.25) is 9.59 Å². The van der Waals surface area contributed by atoms with Crippen molar-refractivity contribution in [3.8, 4) is 5.88 Å². The van der Waals surface area contributed by atoms with E-state index in [1.807, 2.05) is 37.3 Å². The average Bonchev–Trinajstić information content (AvgIpc) is 2.84. The van der Waals surface area contributed by atoms with Gasteiger partial charge in [-0.2, -0.15) is 4.98 Å². The summed E-state index contributed by atoms with van der Waals surface area (Å²) in [6.07, 6.45) is 7.52. The molecular formula is C27H35N3O4. The van der Waals surface area contributed by atoms with Gasteiger partial charge in [-0.1, -0.05) is 43.5 Å². The molecule has 2 heterocycles. The van der Waals surface area contributed by atoms with E-state index in [0.29, 0.717) is 24.6 Å². The number of hydrogen-bond donors (Lipinski definition) is 2. The van der Waals surface area contributed by atoms with E-state index in [-0.39, 0.29) is 24.3 Å². The van der Waals surface area contributed by atoms with Crippen LogP contribution in [-0.2, 0) is 11.4 Å². The van der Waals surface area contributed by atoms with Gasteiger partial charge >= 0.3 is 5.97 Å². The Morgan fingerprint density at radius 3 is 2.65 bits per heavy atom. The Morgan fingerprint density at radius 1 is 1.09 bits per heavy atom. The summed E-state index contributed by atoms with van der Waals surface area (Å²) in [6, 6.07) is 11.9.